The Morgan fingerprint density at radius 3 is 2.53 bits per heavy atom. The first kappa shape index (κ1) is 14.0. The Balaban J connectivity index is 2.69. The molecule has 8 heteroatoms. The van der Waals surface area contributed by atoms with Gasteiger partial charge in [0.05, 0.1) is 0 Å². The third-order valence-corrected chi connectivity index (χ3v) is 3.61. The predicted molar refractivity (Wildman–Crippen MR) is 68.8 cm³/mol. The molecule has 0 saturated heterocycles. The van der Waals surface area contributed by atoms with Crippen LogP contribution in [0, 0.1) is 5.82 Å². The summed E-state index contributed by atoms with van der Waals surface area (Å²) in [5, 5.41) is 7.04. The Bertz CT molecular complexity index is 712. The first-order chi connectivity index (χ1) is 8.80. The van der Waals surface area contributed by atoms with Crippen molar-refractivity contribution in [1.29, 1.82) is 0 Å². The summed E-state index contributed by atoms with van der Waals surface area (Å²) in [6.45, 7) is 3.52. The summed E-state index contributed by atoms with van der Waals surface area (Å²) in [5.74, 6) is -0.181. The van der Waals surface area contributed by atoms with Crippen molar-refractivity contribution < 1.29 is 12.8 Å². The van der Waals surface area contributed by atoms with Crippen molar-refractivity contribution in [3.05, 3.63) is 30.1 Å². The minimum Gasteiger partial charge on any atom is -0.294 e. The van der Waals surface area contributed by atoms with Crippen LogP contribution < -0.4 is 0 Å². The van der Waals surface area contributed by atoms with Crippen LogP contribution in [0.25, 0.3) is 11.4 Å². The summed E-state index contributed by atoms with van der Waals surface area (Å²) in [7, 11) is 1.31. The highest BCUT2D eigenvalue weighted by atomic mass is 35.7. The zero-order valence-corrected chi connectivity index (χ0v) is 11.8. The molecule has 19 heavy (non-hydrogen) atoms. The van der Waals surface area contributed by atoms with Crippen LogP contribution in [0.15, 0.2) is 29.4 Å². The van der Waals surface area contributed by atoms with E-state index in [4.69, 9.17) is 10.7 Å². The summed E-state index contributed by atoms with van der Waals surface area (Å²) in [4.78, 5) is 0. The summed E-state index contributed by atoms with van der Waals surface area (Å²) in [6.07, 6.45) is 0. The molecule has 1 aromatic heterocycles. The molecule has 0 radical (unpaired) electrons. The van der Waals surface area contributed by atoms with E-state index in [0.29, 0.717) is 5.56 Å². The van der Waals surface area contributed by atoms with Crippen molar-refractivity contribution in [3.8, 4) is 11.4 Å². The third-order valence-electron chi connectivity index (χ3n) is 2.48. The van der Waals surface area contributed by atoms with Gasteiger partial charge in [0, 0.05) is 22.3 Å². The standard InChI is InChI=1S/C11H11ClFN3O2S/c1-7(2)16-10(8-4-3-5-9(13)6-8)14-15-11(16)19(12,17)18/h3-7H,1-2H3. The molecule has 0 N–H and O–H groups in total. The van der Waals surface area contributed by atoms with Gasteiger partial charge in [0.2, 0.25) is 0 Å². The van der Waals surface area contributed by atoms with Gasteiger partial charge in [0.25, 0.3) is 14.2 Å². The Hall–Kier alpha value is -1.47. The molecule has 0 spiro atoms. The van der Waals surface area contributed by atoms with E-state index in [-0.39, 0.29) is 17.0 Å². The summed E-state index contributed by atoms with van der Waals surface area (Å²) < 4.78 is 37.5. The van der Waals surface area contributed by atoms with Gasteiger partial charge in [0.1, 0.15) is 5.82 Å². The van der Waals surface area contributed by atoms with E-state index in [2.05, 4.69) is 10.2 Å². The molecule has 0 fully saturated rings. The molecule has 0 aliphatic carbocycles. The quantitative estimate of drug-likeness (QED) is 0.818. The maximum absolute atomic E-state index is 13.2. The number of rotatable bonds is 3. The Morgan fingerprint density at radius 2 is 2.00 bits per heavy atom. The van der Waals surface area contributed by atoms with Gasteiger partial charge < -0.3 is 0 Å². The van der Waals surface area contributed by atoms with E-state index in [1.54, 1.807) is 19.9 Å². The molecule has 5 nitrogen and oxygen atoms in total. The fourth-order valence-electron chi connectivity index (χ4n) is 1.73. The zero-order chi connectivity index (χ0) is 14.2. The second-order valence-corrected chi connectivity index (χ2v) is 6.68. The predicted octanol–water partition coefficient (Wildman–Crippen LogP) is 2.59. The monoisotopic (exact) mass is 303 g/mol. The molecule has 0 aliphatic rings. The Morgan fingerprint density at radius 1 is 1.32 bits per heavy atom. The second kappa shape index (κ2) is 4.90. The van der Waals surface area contributed by atoms with Crippen LogP contribution in [0.5, 0.6) is 0 Å². The largest absolute Gasteiger partial charge is 0.296 e. The molecule has 0 atom stereocenters. The lowest BCUT2D eigenvalue weighted by molar-refractivity contribution is 0.530. The molecule has 0 bridgehead atoms. The van der Waals surface area contributed by atoms with E-state index in [0.717, 1.165) is 0 Å². The topological polar surface area (TPSA) is 64.8 Å². The average molecular weight is 304 g/mol. The van der Waals surface area contributed by atoms with E-state index in [1.807, 2.05) is 0 Å². The molecule has 2 aromatic rings. The van der Waals surface area contributed by atoms with Gasteiger partial charge >= 0.3 is 0 Å². The SMILES string of the molecule is CC(C)n1c(-c2cccc(F)c2)nnc1S(=O)(=O)Cl. The molecule has 0 amide bonds. The minimum absolute atomic E-state index is 0.239. The normalized spacial score (nSPS) is 12.1. The smallest absolute Gasteiger partial charge is 0.294 e. The maximum Gasteiger partial charge on any atom is 0.296 e. The van der Waals surface area contributed by atoms with Crippen molar-refractivity contribution in [2.24, 2.45) is 0 Å². The van der Waals surface area contributed by atoms with Gasteiger partial charge in [-0.15, -0.1) is 10.2 Å². The molecule has 102 valence electrons. The lowest BCUT2D eigenvalue weighted by Gasteiger charge is -2.12. The average Bonchev–Trinajstić information content (AvgIpc) is 2.72. The zero-order valence-electron chi connectivity index (χ0n) is 10.2. The van der Waals surface area contributed by atoms with Gasteiger partial charge in [-0.2, -0.15) is 0 Å². The molecule has 0 saturated carbocycles. The Labute approximate surface area is 114 Å². The number of aromatic nitrogens is 3. The Kier molecular flexibility index (Phi) is 3.60. The lowest BCUT2D eigenvalue weighted by atomic mass is 10.2. The van der Waals surface area contributed by atoms with Gasteiger partial charge in [-0.1, -0.05) is 12.1 Å². The van der Waals surface area contributed by atoms with Crippen LogP contribution in [-0.4, -0.2) is 23.2 Å². The molecule has 2 rings (SSSR count). The second-order valence-electron chi connectivity index (χ2n) is 4.22. The number of hydrogen-bond donors (Lipinski definition) is 0. The molecular formula is C11H11ClFN3O2S. The number of halogens is 2. The highest BCUT2D eigenvalue weighted by Gasteiger charge is 2.25. The highest BCUT2D eigenvalue weighted by Crippen LogP contribution is 2.26. The summed E-state index contributed by atoms with van der Waals surface area (Å²) in [6, 6.07) is 5.44. The van der Waals surface area contributed by atoms with Crippen molar-refractivity contribution in [2.75, 3.05) is 0 Å². The van der Waals surface area contributed by atoms with Gasteiger partial charge in [0.15, 0.2) is 5.82 Å². The van der Waals surface area contributed by atoms with E-state index >= 15 is 0 Å². The molecular weight excluding hydrogens is 293 g/mol. The van der Waals surface area contributed by atoms with Gasteiger partial charge in [-0.25, -0.2) is 12.8 Å². The summed E-state index contributed by atoms with van der Waals surface area (Å²) >= 11 is 0. The van der Waals surface area contributed by atoms with Crippen LogP contribution in [0.3, 0.4) is 0 Å². The first-order valence-electron chi connectivity index (χ1n) is 5.46. The third kappa shape index (κ3) is 2.76. The first-order valence-corrected chi connectivity index (χ1v) is 7.77. The van der Waals surface area contributed by atoms with Crippen LogP contribution in [0.4, 0.5) is 4.39 Å². The van der Waals surface area contributed by atoms with Crippen LogP contribution >= 0.6 is 10.7 Å². The van der Waals surface area contributed by atoms with Crippen molar-refractivity contribution in [1.82, 2.24) is 14.8 Å². The fourth-order valence-corrected chi connectivity index (χ4v) is 2.72. The van der Waals surface area contributed by atoms with Crippen molar-refractivity contribution >= 4 is 19.7 Å². The van der Waals surface area contributed by atoms with Crippen LogP contribution in [-0.2, 0) is 9.05 Å². The maximum atomic E-state index is 13.2. The fraction of sp³-hybridized carbons (Fsp3) is 0.273. The number of hydrogen-bond acceptors (Lipinski definition) is 4. The van der Waals surface area contributed by atoms with Crippen LogP contribution in [0.2, 0.25) is 0 Å². The van der Waals surface area contributed by atoms with Gasteiger partial charge in [-0.05, 0) is 26.0 Å². The summed E-state index contributed by atoms with van der Waals surface area (Å²) in [5.41, 5.74) is 0.438. The molecule has 0 aliphatic heterocycles. The minimum atomic E-state index is -4.01. The van der Waals surface area contributed by atoms with E-state index in [9.17, 15) is 12.8 Å². The van der Waals surface area contributed by atoms with E-state index < -0.39 is 14.9 Å². The lowest BCUT2D eigenvalue weighted by Crippen LogP contribution is -2.10. The van der Waals surface area contributed by atoms with Crippen molar-refractivity contribution in [3.63, 3.8) is 0 Å². The molecule has 1 aromatic carbocycles. The van der Waals surface area contributed by atoms with Crippen LogP contribution in [0.1, 0.15) is 19.9 Å². The van der Waals surface area contributed by atoms with Crippen molar-refractivity contribution in [2.45, 2.75) is 25.0 Å². The highest BCUT2D eigenvalue weighted by molar-refractivity contribution is 8.13. The van der Waals surface area contributed by atoms with Gasteiger partial charge in [-0.3, -0.25) is 4.57 Å². The number of benzene rings is 1. The molecule has 0 unspecified atom stereocenters. The van der Waals surface area contributed by atoms with E-state index in [1.165, 1.54) is 22.8 Å². The number of nitrogens with zero attached hydrogens (tertiary/aromatic N) is 3. The molecule has 1 heterocycles.